The van der Waals surface area contributed by atoms with Crippen molar-refractivity contribution < 1.29 is 4.79 Å². The minimum atomic E-state index is -0.522. The minimum absolute atomic E-state index is 0.0292. The maximum Gasteiger partial charge on any atom is 0.227 e. The molecule has 2 heterocycles. The molecule has 0 aliphatic carbocycles. The molecule has 1 amide bonds. The number of nitrogens with one attached hydrogen (secondary N) is 2. The van der Waals surface area contributed by atoms with Gasteiger partial charge in [-0.25, -0.2) is 0 Å². The molecule has 0 fully saturated rings. The van der Waals surface area contributed by atoms with Crippen LogP contribution < -0.4 is 10.6 Å². The second-order valence-corrected chi connectivity index (χ2v) is 4.56. The van der Waals surface area contributed by atoms with E-state index in [1.807, 2.05) is 13.8 Å². The Labute approximate surface area is 104 Å². The molecule has 0 saturated heterocycles. The molecule has 0 aromatic carbocycles. The Morgan fingerprint density at radius 1 is 1.44 bits per heavy atom. The second kappa shape index (κ2) is 4.55. The van der Waals surface area contributed by atoms with Gasteiger partial charge in [-0.2, -0.15) is 0 Å². The predicted octanol–water partition coefficient (Wildman–Crippen LogP) is -0.297. The molecular formula is C10H15N7O. The number of aromatic nitrogens is 5. The number of carbonyl (C=O) groups is 1. The van der Waals surface area contributed by atoms with Crippen LogP contribution in [-0.2, 0) is 4.79 Å². The molecule has 8 nitrogen and oxygen atoms in total. The van der Waals surface area contributed by atoms with Crippen LogP contribution in [0.4, 0.5) is 5.82 Å². The van der Waals surface area contributed by atoms with Crippen LogP contribution in [-0.4, -0.2) is 44.8 Å². The number of hydrogen-bond acceptors (Lipinski definition) is 6. The summed E-state index contributed by atoms with van der Waals surface area (Å²) in [5.41, 5.74) is 0.0533. The monoisotopic (exact) mass is 249 g/mol. The van der Waals surface area contributed by atoms with E-state index in [9.17, 15) is 4.79 Å². The normalized spacial score (nSPS) is 11.5. The van der Waals surface area contributed by atoms with Gasteiger partial charge in [0.1, 0.15) is 5.82 Å². The molecule has 0 spiro atoms. The molecule has 18 heavy (non-hydrogen) atoms. The Hall–Kier alpha value is -2.25. The van der Waals surface area contributed by atoms with Crippen molar-refractivity contribution in [1.29, 1.82) is 0 Å². The highest BCUT2D eigenvalue weighted by atomic mass is 16.2. The minimum Gasteiger partial charge on any atom is -0.368 e. The van der Waals surface area contributed by atoms with Crippen LogP contribution in [0.5, 0.6) is 0 Å². The summed E-state index contributed by atoms with van der Waals surface area (Å²) in [4.78, 5) is 11.6. The molecule has 96 valence electrons. The van der Waals surface area contributed by atoms with E-state index < -0.39 is 5.41 Å². The summed E-state index contributed by atoms with van der Waals surface area (Å²) in [6, 6.07) is 3.52. The van der Waals surface area contributed by atoms with Crippen molar-refractivity contribution in [1.82, 2.24) is 30.6 Å². The number of tetrazole rings is 1. The number of hydrogen-bond donors (Lipinski definition) is 2. The first kappa shape index (κ1) is 12.2. The van der Waals surface area contributed by atoms with Crippen LogP contribution in [0, 0.1) is 5.41 Å². The highest BCUT2D eigenvalue weighted by Gasteiger charge is 2.26. The van der Waals surface area contributed by atoms with Crippen LogP contribution in [0.15, 0.2) is 12.1 Å². The third-order valence-electron chi connectivity index (χ3n) is 2.62. The Bertz CT molecular complexity index is 562. The number of anilines is 1. The van der Waals surface area contributed by atoms with E-state index in [1.165, 1.54) is 4.63 Å². The third kappa shape index (κ3) is 2.36. The summed E-state index contributed by atoms with van der Waals surface area (Å²) in [6.07, 6.45) is 0. The lowest BCUT2D eigenvalue weighted by Crippen LogP contribution is -2.39. The second-order valence-electron chi connectivity index (χ2n) is 4.56. The van der Waals surface area contributed by atoms with Crippen LogP contribution >= 0.6 is 0 Å². The highest BCUT2D eigenvalue weighted by molar-refractivity contribution is 5.82. The van der Waals surface area contributed by atoms with Crippen LogP contribution in [0.25, 0.3) is 5.65 Å². The Balaban J connectivity index is 2.07. The van der Waals surface area contributed by atoms with E-state index in [4.69, 9.17) is 0 Å². The van der Waals surface area contributed by atoms with Crippen molar-refractivity contribution in [2.75, 3.05) is 18.9 Å². The summed E-state index contributed by atoms with van der Waals surface area (Å²) in [6.45, 7) is 4.18. The van der Waals surface area contributed by atoms with E-state index in [2.05, 4.69) is 31.3 Å². The van der Waals surface area contributed by atoms with E-state index in [-0.39, 0.29) is 5.91 Å². The average molecular weight is 249 g/mol. The lowest BCUT2D eigenvalue weighted by atomic mass is 9.92. The quantitative estimate of drug-likeness (QED) is 0.772. The molecule has 0 atom stereocenters. The fourth-order valence-electron chi connectivity index (χ4n) is 1.47. The topological polar surface area (TPSA) is 97.1 Å². The predicted molar refractivity (Wildman–Crippen MR) is 64.9 cm³/mol. The first-order valence-corrected chi connectivity index (χ1v) is 5.54. The molecule has 2 aromatic heterocycles. The van der Waals surface area contributed by atoms with Gasteiger partial charge >= 0.3 is 0 Å². The molecule has 0 bridgehead atoms. The number of amides is 1. The molecule has 0 aliphatic rings. The summed E-state index contributed by atoms with van der Waals surface area (Å²) in [5, 5.41) is 20.8. The SMILES string of the molecule is CNC(=O)C(C)(C)CNc1ccc2nnnn2n1. The van der Waals surface area contributed by atoms with Gasteiger partial charge in [0, 0.05) is 13.6 Å². The van der Waals surface area contributed by atoms with Crippen LogP contribution in [0.1, 0.15) is 13.8 Å². The van der Waals surface area contributed by atoms with Gasteiger partial charge in [0.25, 0.3) is 0 Å². The Morgan fingerprint density at radius 3 is 2.94 bits per heavy atom. The Morgan fingerprint density at radius 2 is 2.22 bits per heavy atom. The maximum absolute atomic E-state index is 11.6. The number of rotatable bonds is 4. The van der Waals surface area contributed by atoms with Gasteiger partial charge < -0.3 is 10.6 Å². The zero-order valence-corrected chi connectivity index (χ0v) is 10.5. The summed E-state index contributed by atoms with van der Waals surface area (Å²) >= 11 is 0. The molecule has 0 radical (unpaired) electrons. The highest BCUT2D eigenvalue weighted by Crippen LogP contribution is 2.16. The number of carbonyl (C=O) groups excluding carboxylic acids is 1. The van der Waals surface area contributed by atoms with E-state index in [0.717, 1.165) is 0 Å². The molecule has 0 unspecified atom stereocenters. The molecule has 2 N–H and O–H groups in total. The number of fused-ring (bicyclic) bond motifs is 1. The van der Waals surface area contributed by atoms with Crippen LogP contribution in [0.2, 0.25) is 0 Å². The fourth-order valence-corrected chi connectivity index (χ4v) is 1.47. The lowest BCUT2D eigenvalue weighted by Gasteiger charge is -2.22. The summed E-state index contributed by atoms with van der Waals surface area (Å²) in [7, 11) is 1.62. The van der Waals surface area contributed by atoms with Gasteiger partial charge in [0.15, 0.2) is 5.65 Å². The van der Waals surface area contributed by atoms with Crippen molar-refractivity contribution in [3.05, 3.63) is 12.1 Å². The van der Waals surface area contributed by atoms with E-state index >= 15 is 0 Å². The zero-order chi connectivity index (χ0) is 13.2. The van der Waals surface area contributed by atoms with Crippen molar-refractivity contribution >= 4 is 17.4 Å². The van der Waals surface area contributed by atoms with Gasteiger partial charge in [0.05, 0.1) is 5.41 Å². The summed E-state index contributed by atoms with van der Waals surface area (Å²) in [5.74, 6) is 0.588. The third-order valence-corrected chi connectivity index (χ3v) is 2.62. The van der Waals surface area contributed by atoms with Gasteiger partial charge in [0.2, 0.25) is 5.91 Å². The number of nitrogens with zero attached hydrogens (tertiary/aromatic N) is 5. The zero-order valence-electron chi connectivity index (χ0n) is 10.5. The first-order chi connectivity index (χ1) is 8.53. The van der Waals surface area contributed by atoms with E-state index in [0.29, 0.717) is 18.0 Å². The molecular weight excluding hydrogens is 234 g/mol. The van der Waals surface area contributed by atoms with Crippen molar-refractivity contribution in [3.8, 4) is 0 Å². The maximum atomic E-state index is 11.6. The molecule has 0 saturated carbocycles. The fraction of sp³-hybridized carbons (Fsp3) is 0.500. The van der Waals surface area contributed by atoms with Gasteiger partial charge in [-0.1, -0.05) is 0 Å². The smallest absolute Gasteiger partial charge is 0.227 e. The largest absolute Gasteiger partial charge is 0.368 e. The summed E-state index contributed by atoms with van der Waals surface area (Å²) < 4.78 is 1.33. The van der Waals surface area contributed by atoms with Crippen molar-refractivity contribution in [2.45, 2.75) is 13.8 Å². The Kier molecular flexibility index (Phi) is 3.09. The standard InChI is InChI=1S/C10H15N7O/c1-10(2,9(18)11-3)6-12-7-4-5-8-13-15-16-17(8)14-7/h4-5H,6H2,1-3H3,(H,11,18)(H,12,14). The van der Waals surface area contributed by atoms with Crippen molar-refractivity contribution in [2.24, 2.45) is 5.41 Å². The van der Waals surface area contributed by atoms with Crippen LogP contribution in [0.3, 0.4) is 0 Å². The molecule has 2 aromatic rings. The van der Waals surface area contributed by atoms with Crippen molar-refractivity contribution in [3.63, 3.8) is 0 Å². The molecule has 8 heteroatoms. The van der Waals surface area contributed by atoms with Gasteiger partial charge in [-0.3, -0.25) is 4.79 Å². The molecule has 0 aliphatic heterocycles. The average Bonchev–Trinajstić information content (AvgIpc) is 2.82. The van der Waals surface area contributed by atoms with Gasteiger partial charge in [-0.05, 0) is 36.4 Å². The first-order valence-electron chi connectivity index (χ1n) is 5.54. The lowest BCUT2D eigenvalue weighted by molar-refractivity contribution is -0.128. The van der Waals surface area contributed by atoms with E-state index in [1.54, 1.807) is 19.2 Å². The van der Waals surface area contributed by atoms with Gasteiger partial charge in [-0.15, -0.1) is 14.8 Å². The molecule has 2 rings (SSSR count).